The monoisotopic (exact) mass is 475 g/mol. The highest BCUT2D eigenvalue weighted by Gasteiger charge is 2.38. The second kappa shape index (κ2) is 9.75. The van der Waals surface area contributed by atoms with Crippen molar-refractivity contribution in [2.45, 2.75) is 57.5 Å². The zero-order chi connectivity index (χ0) is 22.7. The molecular formula is C24H29NO5S2. The van der Waals surface area contributed by atoms with Gasteiger partial charge in [-0.15, -0.1) is 11.3 Å². The van der Waals surface area contributed by atoms with Crippen molar-refractivity contribution < 1.29 is 22.7 Å². The average molecular weight is 476 g/mol. The molecule has 172 valence electrons. The van der Waals surface area contributed by atoms with Gasteiger partial charge in [-0.1, -0.05) is 49.1 Å². The van der Waals surface area contributed by atoms with Crippen LogP contribution in [0.3, 0.4) is 0 Å². The number of thiophene rings is 1. The molecule has 1 amide bonds. The van der Waals surface area contributed by atoms with Gasteiger partial charge in [0.05, 0.1) is 11.5 Å². The molecule has 8 heteroatoms. The standard InChI is InChI=1S/C24H29NO5S2/c1-17-7-9-18(10-8-17)21-11-13-31-23(21)24(27)30-15-22(26)25(19-5-3-2-4-6-19)20-12-14-32(28,29)16-20/h7-11,13,19-20H,2-6,12,14-16H2,1H3. The lowest BCUT2D eigenvalue weighted by Gasteiger charge is -2.38. The largest absolute Gasteiger partial charge is 0.451 e. The molecule has 1 aliphatic heterocycles. The number of carbonyl (C=O) groups excluding carboxylic acids is 2. The smallest absolute Gasteiger partial charge is 0.349 e. The van der Waals surface area contributed by atoms with Crippen molar-refractivity contribution >= 4 is 33.1 Å². The van der Waals surface area contributed by atoms with Crippen LogP contribution in [0.1, 0.15) is 53.8 Å². The molecule has 1 aliphatic carbocycles. The van der Waals surface area contributed by atoms with Crippen LogP contribution in [-0.2, 0) is 19.4 Å². The third-order valence-electron chi connectivity index (χ3n) is 6.40. The number of nitrogens with zero attached hydrogens (tertiary/aromatic N) is 1. The van der Waals surface area contributed by atoms with E-state index in [1.807, 2.05) is 42.6 Å². The molecule has 1 saturated heterocycles. The number of esters is 1. The van der Waals surface area contributed by atoms with Crippen LogP contribution < -0.4 is 0 Å². The summed E-state index contributed by atoms with van der Waals surface area (Å²) in [6.07, 6.45) is 5.40. The number of ether oxygens (including phenoxy) is 1. The van der Waals surface area contributed by atoms with Gasteiger partial charge in [-0.2, -0.15) is 0 Å². The lowest BCUT2D eigenvalue weighted by molar-refractivity contribution is -0.139. The SMILES string of the molecule is Cc1ccc(-c2ccsc2C(=O)OCC(=O)N(C2CCCCC2)C2CCS(=O)(=O)C2)cc1. The summed E-state index contributed by atoms with van der Waals surface area (Å²) in [5, 5.41) is 1.84. The first kappa shape index (κ1) is 23.0. The summed E-state index contributed by atoms with van der Waals surface area (Å²) < 4.78 is 29.5. The minimum absolute atomic E-state index is 0.00564. The van der Waals surface area contributed by atoms with Gasteiger partial charge < -0.3 is 9.64 Å². The molecule has 1 saturated carbocycles. The fraction of sp³-hybridized carbons (Fsp3) is 0.500. The number of rotatable bonds is 6. The minimum atomic E-state index is -3.12. The van der Waals surface area contributed by atoms with Crippen molar-refractivity contribution in [3.63, 3.8) is 0 Å². The zero-order valence-corrected chi connectivity index (χ0v) is 19.9. The van der Waals surface area contributed by atoms with Gasteiger partial charge in [0.1, 0.15) is 4.88 Å². The molecule has 2 fully saturated rings. The summed E-state index contributed by atoms with van der Waals surface area (Å²) in [4.78, 5) is 28.2. The highest BCUT2D eigenvalue weighted by molar-refractivity contribution is 7.91. The van der Waals surface area contributed by atoms with E-state index in [1.54, 1.807) is 4.90 Å². The van der Waals surface area contributed by atoms with Gasteiger partial charge in [0.25, 0.3) is 5.91 Å². The van der Waals surface area contributed by atoms with Crippen LogP contribution in [0.15, 0.2) is 35.7 Å². The molecule has 0 bridgehead atoms. The Kier molecular flexibility index (Phi) is 7.00. The topological polar surface area (TPSA) is 80.8 Å². The van der Waals surface area contributed by atoms with E-state index < -0.39 is 15.8 Å². The molecule has 2 aromatic rings. The number of aryl methyl sites for hydroxylation is 1. The average Bonchev–Trinajstić information content (AvgIpc) is 3.40. The van der Waals surface area contributed by atoms with Gasteiger partial charge in [0.15, 0.2) is 16.4 Å². The molecule has 2 aliphatic rings. The first-order valence-corrected chi connectivity index (χ1v) is 13.9. The number of amides is 1. The van der Waals surface area contributed by atoms with Crippen LogP contribution in [0.25, 0.3) is 11.1 Å². The Hall–Kier alpha value is -2.19. The van der Waals surface area contributed by atoms with Gasteiger partial charge in [0.2, 0.25) is 0 Å². The van der Waals surface area contributed by atoms with Crippen molar-refractivity contribution in [2.75, 3.05) is 18.1 Å². The molecule has 1 aromatic heterocycles. The maximum Gasteiger partial charge on any atom is 0.349 e. The molecule has 2 heterocycles. The Labute approximate surface area is 193 Å². The van der Waals surface area contributed by atoms with Crippen molar-refractivity contribution in [3.05, 3.63) is 46.2 Å². The van der Waals surface area contributed by atoms with E-state index in [-0.39, 0.29) is 36.1 Å². The Morgan fingerprint density at radius 2 is 1.75 bits per heavy atom. The molecule has 0 N–H and O–H groups in total. The van der Waals surface area contributed by atoms with Crippen LogP contribution in [0.2, 0.25) is 0 Å². The summed E-state index contributed by atoms with van der Waals surface area (Å²) in [5.41, 5.74) is 2.85. The normalized spacial score (nSPS) is 20.7. The van der Waals surface area contributed by atoms with Crippen LogP contribution >= 0.6 is 11.3 Å². The van der Waals surface area contributed by atoms with Crippen LogP contribution in [-0.4, -0.2) is 55.4 Å². The third-order valence-corrected chi connectivity index (χ3v) is 9.04. The summed E-state index contributed by atoms with van der Waals surface area (Å²) >= 11 is 1.29. The predicted octanol–water partition coefficient (Wildman–Crippen LogP) is 4.23. The Balaban J connectivity index is 1.46. The van der Waals surface area contributed by atoms with E-state index in [1.165, 1.54) is 11.3 Å². The van der Waals surface area contributed by atoms with Crippen LogP contribution in [0, 0.1) is 6.92 Å². The molecule has 1 atom stereocenters. The zero-order valence-electron chi connectivity index (χ0n) is 18.3. The van der Waals surface area contributed by atoms with E-state index in [9.17, 15) is 18.0 Å². The van der Waals surface area contributed by atoms with E-state index in [0.717, 1.165) is 48.8 Å². The first-order chi connectivity index (χ1) is 15.3. The highest BCUT2D eigenvalue weighted by Crippen LogP contribution is 2.30. The van der Waals surface area contributed by atoms with Crippen molar-refractivity contribution in [1.82, 2.24) is 4.90 Å². The number of benzene rings is 1. The number of carbonyl (C=O) groups is 2. The van der Waals surface area contributed by atoms with Gasteiger partial charge in [-0.05, 0) is 43.2 Å². The number of sulfone groups is 1. The third kappa shape index (κ3) is 5.23. The van der Waals surface area contributed by atoms with Crippen LogP contribution in [0.4, 0.5) is 0 Å². The second-order valence-corrected chi connectivity index (χ2v) is 11.9. The number of hydrogen-bond acceptors (Lipinski definition) is 6. The highest BCUT2D eigenvalue weighted by atomic mass is 32.2. The maximum absolute atomic E-state index is 13.2. The van der Waals surface area contributed by atoms with E-state index >= 15 is 0 Å². The minimum Gasteiger partial charge on any atom is -0.451 e. The van der Waals surface area contributed by atoms with Crippen molar-refractivity contribution in [3.8, 4) is 11.1 Å². The molecule has 6 nitrogen and oxygen atoms in total. The predicted molar refractivity (Wildman–Crippen MR) is 126 cm³/mol. The molecular weight excluding hydrogens is 446 g/mol. The summed E-state index contributed by atoms with van der Waals surface area (Å²) in [6, 6.07) is 9.49. The van der Waals surface area contributed by atoms with E-state index in [2.05, 4.69) is 0 Å². The second-order valence-electron chi connectivity index (χ2n) is 8.76. The maximum atomic E-state index is 13.2. The van der Waals surface area contributed by atoms with E-state index in [4.69, 9.17) is 4.74 Å². The molecule has 1 aromatic carbocycles. The van der Waals surface area contributed by atoms with E-state index in [0.29, 0.717) is 11.3 Å². The molecule has 0 radical (unpaired) electrons. The van der Waals surface area contributed by atoms with Gasteiger partial charge in [-0.25, -0.2) is 13.2 Å². The summed E-state index contributed by atoms with van der Waals surface area (Å²) in [7, 11) is -3.12. The fourth-order valence-corrected chi connectivity index (χ4v) is 7.27. The van der Waals surface area contributed by atoms with Crippen LogP contribution in [0.5, 0.6) is 0 Å². The molecule has 4 rings (SSSR count). The molecule has 1 unspecified atom stereocenters. The van der Waals surface area contributed by atoms with Gasteiger partial charge in [0, 0.05) is 17.6 Å². The van der Waals surface area contributed by atoms with Gasteiger partial charge >= 0.3 is 5.97 Å². The Morgan fingerprint density at radius 3 is 2.41 bits per heavy atom. The summed E-state index contributed by atoms with van der Waals surface area (Å²) in [5.74, 6) is -0.693. The molecule has 32 heavy (non-hydrogen) atoms. The Morgan fingerprint density at radius 1 is 1.03 bits per heavy atom. The Bertz CT molecular complexity index is 1070. The lowest BCUT2D eigenvalue weighted by atomic mass is 9.93. The molecule has 0 spiro atoms. The van der Waals surface area contributed by atoms with Gasteiger partial charge in [-0.3, -0.25) is 4.79 Å². The van der Waals surface area contributed by atoms with Crippen molar-refractivity contribution in [1.29, 1.82) is 0 Å². The fourth-order valence-electron chi connectivity index (χ4n) is 4.75. The first-order valence-electron chi connectivity index (χ1n) is 11.2. The lowest BCUT2D eigenvalue weighted by Crippen LogP contribution is -2.50. The summed E-state index contributed by atoms with van der Waals surface area (Å²) in [6.45, 7) is 1.64. The number of hydrogen-bond donors (Lipinski definition) is 0. The van der Waals surface area contributed by atoms with Crippen molar-refractivity contribution in [2.24, 2.45) is 0 Å². The quantitative estimate of drug-likeness (QED) is 0.584.